The summed E-state index contributed by atoms with van der Waals surface area (Å²) in [6.45, 7) is 6.11. The minimum absolute atomic E-state index is 0.114. The Morgan fingerprint density at radius 2 is 1.90 bits per heavy atom. The van der Waals surface area contributed by atoms with Crippen LogP contribution in [-0.4, -0.2) is 35.9 Å². The highest BCUT2D eigenvalue weighted by atomic mass is 79.9. The number of aryl methyl sites for hydroxylation is 1. The van der Waals surface area contributed by atoms with E-state index < -0.39 is 28.1 Å². The molecule has 112 valence electrons. The summed E-state index contributed by atoms with van der Waals surface area (Å²) < 4.78 is 27.1. The molecule has 0 spiro atoms. The van der Waals surface area contributed by atoms with Crippen molar-refractivity contribution in [2.24, 2.45) is 0 Å². The molecule has 0 aliphatic carbocycles. The van der Waals surface area contributed by atoms with E-state index in [1.807, 2.05) is 0 Å². The maximum absolute atomic E-state index is 12.7. The van der Waals surface area contributed by atoms with Gasteiger partial charge in [-0.3, -0.25) is 4.79 Å². The molecule has 0 bridgehead atoms. The first-order valence-corrected chi connectivity index (χ1v) is 8.20. The number of hydrogen-bond acceptors (Lipinski definition) is 3. The zero-order valence-electron chi connectivity index (χ0n) is 11.8. The molecule has 0 heterocycles. The van der Waals surface area contributed by atoms with Crippen molar-refractivity contribution in [2.75, 3.05) is 6.54 Å². The fourth-order valence-electron chi connectivity index (χ4n) is 1.78. The van der Waals surface area contributed by atoms with Crippen LogP contribution < -0.4 is 0 Å². The van der Waals surface area contributed by atoms with Gasteiger partial charge in [-0.15, -0.1) is 0 Å². The summed E-state index contributed by atoms with van der Waals surface area (Å²) >= 11 is 3.24. The third-order valence-corrected chi connectivity index (χ3v) is 5.49. The standard InChI is InChI=1S/C13H18BrNO4S/c1-9-5-6-10(14)7-11(9)20(18,19)15(8-12(16)17)13(2,3)4/h5-7H,8H2,1-4H3,(H,16,17). The van der Waals surface area contributed by atoms with E-state index in [1.165, 1.54) is 6.07 Å². The zero-order chi connectivity index (χ0) is 15.7. The Morgan fingerprint density at radius 3 is 2.35 bits per heavy atom. The molecule has 0 atom stereocenters. The number of carbonyl (C=O) groups is 1. The molecular weight excluding hydrogens is 346 g/mol. The van der Waals surface area contributed by atoms with Crippen molar-refractivity contribution in [3.8, 4) is 0 Å². The van der Waals surface area contributed by atoms with Gasteiger partial charge in [0, 0.05) is 10.0 Å². The first-order chi connectivity index (χ1) is 8.96. The summed E-state index contributed by atoms with van der Waals surface area (Å²) in [4.78, 5) is 11.1. The van der Waals surface area contributed by atoms with E-state index in [0.29, 0.717) is 10.0 Å². The van der Waals surface area contributed by atoms with Crippen molar-refractivity contribution in [3.05, 3.63) is 28.2 Å². The van der Waals surface area contributed by atoms with Crippen LogP contribution in [0.25, 0.3) is 0 Å². The number of carboxylic acids is 1. The highest BCUT2D eigenvalue weighted by Gasteiger charge is 2.36. The number of halogens is 1. The lowest BCUT2D eigenvalue weighted by molar-refractivity contribution is -0.138. The lowest BCUT2D eigenvalue weighted by atomic mass is 10.1. The van der Waals surface area contributed by atoms with Crippen LogP contribution >= 0.6 is 15.9 Å². The molecule has 0 radical (unpaired) electrons. The third-order valence-electron chi connectivity index (χ3n) is 2.75. The molecular formula is C13H18BrNO4S. The third kappa shape index (κ3) is 3.80. The molecule has 0 aliphatic heterocycles. The average Bonchev–Trinajstić information content (AvgIpc) is 2.27. The zero-order valence-corrected chi connectivity index (χ0v) is 14.2. The van der Waals surface area contributed by atoms with Gasteiger partial charge in [-0.2, -0.15) is 4.31 Å². The van der Waals surface area contributed by atoms with Gasteiger partial charge in [-0.05, 0) is 45.4 Å². The molecule has 7 heteroatoms. The quantitative estimate of drug-likeness (QED) is 0.891. The fourth-order valence-corrected chi connectivity index (χ4v) is 4.28. The molecule has 0 amide bonds. The molecule has 0 aliphatic rings. The SMILES string of the molecule is Cc1ccc(Br)cc1S(=O)(=O)N(CC(=O)O)C(C)(C)C. The Kier molecular flexibility index (Phi) is 4.99. The highest BCUT2D eigenvalue weighted by Crippen LogP contribution is 2.28. The highest BCUT2D eigenvalue weighted by molar-refractivity contribution is 9.10. The summed E-state index contributed by atoms with van der Waals surface area (Å²) in [5.74, 6) is -1.18. The van der Waals surface area contributed by atoms with E-state index in [-0.39, 0.29) is 4.90 Å². The van der Waals surface area contributed by atoms with Gasteiger partial charge in [0.1, 0.15) is 6.54 Å². The normalized spacial score (nSPS) is 12.7. The number of aliphatic carboxylic acids is 1. The topological polar surface area (TPSA) is 74.7 Å². The Bertz CT molecular complexity index is 620. The van der Waals surface area contributed by atoms with Crippen molar-refractivity contribution < 1.29 is 18.3 Å². The minimum atomic E-state index is -3.88. The summed E-state index contributed by atoms with van der Waals surface area (Å²) in [6, 6.07) is 4.91. The molecule has 1 rings (SSSR count). The van der Waals surface area contributed by atoms with Gasteiger partial charge in [0.2, 0.25) is 10.0 Å². The van der Waals surface area contributed by atoms with Crippen LogP contribution in [0.4, 0.5) is 0 Å². The van der Waals surface area contributed by atoms with E-state index in [1.54, 1.807) is 39.8 Å². The van der Waals surface area contributed by atoms with Crippen LogP contribution in [0.5, 0.6) is 0 Å². The second-order valence-electron chi connectivity index (χ2n) is 5.49. The molecule has 1 aromatic carbocycles. The maximum Gasteiger partial charge on any atom is 0.318 e. The van der Waals surface area contributed by atoms with Gasteiger partial charge < -0.3 is 5.11 Å². The molecule has 0 saturated heterocycles. The monoisotopic (exact) mass is 363 g/mol. The van der Waals surface area contributed by atoms with Crippen molar-refractivity contribution in [1.82, 2.24) is 4.31 Å². The van der Waals surface area contributed by atoms with E-state index >= 15 is 0 Å². The lowest BCUT2D eigenvalue weighted by Crippen LogP contribution is -2.48. The summed E-state index contributed by atoms with van der Waals surface area (Å²) in [5.41, 5.74) is -0.251. The number of carboxylic acid groups (broad SMARTS) is 1. The smallest absolute Gasteiger partial charge is 0.318 e. The van der Waals surface area contributed by atoms with Crippen LogP contribution in [0.15, 0.2) is 27.6 Å². The van der Waals surface area contributed by atoms with Gasteiger partial charge in [0.15, 0.2) is 0 Å². The summed E-state index contributed by atoms with van der Waals surface area (Å²) in [7, 11) is -3.88. The Labute approximate surface area is 127 Å². The van der Waals surface area contributed by atoms with E-state index in [9.17, 15) is 13.2 Å². The number of benzene rings is 1. The van der Waals surface area contributed by atoms with Crippen LogP contribution in [-0.2, 0) is 14.8 Å². The minimum Gasteiger partial charge on any atom is -0.480 e. The predicted molar refractivity (Wildman–Crippen MR) is 80.2 cm³/mol. The fraction of sp³-hybridized carbons (Fsp3) is 0.462. The average molecular weight is 364 g/mol. The number of hydrogen-bond donors (Lipinski definition) is 1. The Balaban J connectivity index is 3.44. The van der Waals surface area contributed by atoms with Crippen LogP contribution in [0.2, 0.25) is 0 Å². The second kappa shape index (κ2) is 5.83. The molecule has 0 aromatic heterocycles. The van der Waals surface area contributed by atoms with Crippen LogP contribution in [0.1, 0.15) is 26.3 Å². The number of sulfonamides is 1. The van der Waals surface area contributed by atoms with E-state index in [2.05, 4.69) is 15.9 Å². The van der Waals surface area contributed by atoms with Crippen LogP contribution in [0.3, 0.4) is 0 Å². The van der Waals surface area contributed by atoms with Gasteiger partial charge in [0.25, 0.3) is 0 Å². The van der Waals surface area contributed by atoms with Gasteiger partial charge in [-0.25, -0.2) is 8.42 Å². The van der Waals surface area contributed by atoms with Crippen molar-refractivity contribution in [2.45, 2.75) is 38.1 Å². The lowest BCUT2D eigenvalue weighted by Gasteiger charge is -2.33. The van der Waals surface area contributed by atoms with Gasteiger partial charge in [-0.1, -0.05) is 22.0 Å². The Hall–Kier alpha value is -0.920. The largest absolute Gasteiger partial charge is 0.480 e. The maximum atomic E-state index is 12.7. The molecule has 1 N–H and O–H groups in total. The molecule has 1 aromatic rings. The summed E-state index contributed by atoms with van der Waals surface area (Å²) in [5, 5.41) is 8.97. The first-order valence-electron chi connectivity index (χ1n) is 5.97. The van der Waals surface area contributed by atoms with E-state index in [0.717, 1.165) is 4.31 Å². The van der Waals surface area contributed by atoms with Crippen molar-refractivity contribution >= 4 is 31.9 Å². The van der Waals surface area contributed by atoms with Gasteiger partial charge in [0.05, 0.1) is 4.90 Å². The van der Waals surface area contributed by atoms with Crippen molar-refractivity contribution in [1.29, 1.82) is 0 Å². The molecule has 20 heavy (non-hydrogen) atoms. The second-order valence-corrected chi connectivity index (χ2v) is 8.23. The first kappa shape index (κ1) is 17.1. The molecule has 0 fully saturated rings. The van der Waals surface area contributed by atoms with E-state index in [4.69, 9.17) is 5.11 Å². The van der Waals surface area contributed by atoms with Crippen molar-refractivity contribution in [3.63, 3.8) is 0 Å². The molecule has 0 unspecified atom stereocenters. The van der Waals surface area contributed by atoms with Gasteiger partial charge >= 0.3 is 5.97 Å². The predicted octanol–water partition coefficient (Wildman–Crippen LogP) is 2.63. The summed E-state index contributed by atoms with van der Waals surface area (Å²) in [6.07, 6.45) is 0. The molecule has 5 nitrogen and oxygen atoms in total. The van der Waals surface area contributed by atoms with Crippen LogP contribution in [0, 0.1) is 6.92 Å². The molecule has 0 saturated carbocycles. The number of rotatable bonds is 4. The Morgan fingerprint density at radius 1 is 1.35 bits per heavy atom. The number of nitrogens with zero attached hydrogens (tertiary/aromatic N) is 1.